The summed E-state index contributed by atoms with van der Waals surface area (Å²) in [5.74, 6) is -0.201. The van der Waals surface area contributed by atoms with Gasteiger partial charge in [0.2, 0.25) is 10.0 Å². The van der Waals surface area contributed by atoms with Gasteiger partial charge in [0.25, 0.3) is 11.8 Å². The van der Waals surface area contributed by atoms with Crippen LogP contribution in [0.1, 0.15) is 20.7 Å². The molecule has 2 heterocycles. The summed E-state index contributed by atoms with van der Waals surface area (Å²) in [6.45, 7) is 3.22. The first-order valence-corrected chi connectivity index (χ1v) is 11.7. The van der Waals surface area contributed by atoms with Crippen molar-refractivity contribution in [2.24, 2.45) is 0 Å². The molecule has 0 radical (unpaired) electrons. The lowest BCUT2D eigenvalue weighted by Gasteiger charge is -2.35. The fraction of sp³-hybridized carbons (Fsp3) is 0.364. The number of benzene rings is 2. The molecule has 0 unspecified atom stereocenters. The second-order valence-corrected chi connectivity index (χ2v) is 9.43. The van der Waals surface area contributed by atoms with Gasteiger partial charge in [-0.2, -0.15) is 4.31 Å². The first kappa shape index (κ1) is 21.5. The summed E-state index contributed by atoms with van der Waals surface area (Å²) in [5.41, 5.74) is 1.07. The van der Waals surface area contributed by atoms with Crippen molar-refractivity contribution < 1.29 is 22.7 Å². The highest BCUT2D eigenvalue weighted by atomic mass is 32.2. The summed E-state index contributed by atoms with van der Waals surface area (Å²) in [5, 5.41) is 0. The number of rotatable bonds is 4. The number of carbonyl (C=O) groups excluding carboxylic acids is 2. The van der Waals surface area contributed by atoms with Crippen molar-refractivity contribution in [3.8, 4) is 0 Å². The van der Waals surface area contributed by atoms with Gasteiger partial charge in [-0.3, -0.25) is 9.59 Å². The van der Waals surface area contributed by atoms with E-state index in [4.69, 9.17) is 4.74 Å². The Labute approximate surface area is 182 Å². The Bertz CT molecular complexity index is 1030. The number of sulfonamides is 1. The third kappa shape index (κ3) is 4.63. The standard InChI is InChI=1S/C22H25N3O5S/c26-21(18-4-2-1-3-5-18)23-10-12-24(13-11-23)22(27)19-6-8-20(9-7-19)31(28,29)25-14-16-30-17-15-25/h1-9H,10-17H2. The van der Waals surface area contributed by atoms with E-state index in [1.165, 1.54) is 16.4 Å². The van der Waals surface area contributed by atoms with Gasteiger partial charge in [-0.15, -0.1) is 0 Å². The zero-order chi connectivity index (χ0) is 21.8. The topological polar surface area (TPSA) is 87.2 Å². The highest BCUT2D eigenvalue weighted by molar-refractivity contribution is 7.89. The average molecular weight is 444 g/mol. The van der Waals surface area contributed by atoms with Gasteiger partial charge in [0.1, 0.15) is 0 Å². The predicted molar refractivity (Wildman–Crippen MR) is 114 cm³/mol. The second-order valence-electron chi connectivity index (χ2n) is 7.49. The highest BCUT2D eigenvalue weighted by Crippen LogP contribution is 2.19. The minimum atomic E-state index is -3.59. The number of nitrogens with zero attached hydrogens (tertiary/aromatic N) is 3. The average Bonchev–Trinajstić information content (AvgIpc) is 2.84. The second kappa shape index (κ2) is 9.17. The molecule has 0 aromatic heterocycles. The van der Waals surface area contributed by atoms with E-state index in [-0.39, 0.29) is 16.7 Å². The van der Waals surface area contributed by atoms with Gasteiger partial charge in [-0.05, 0) is 36.4 Å². The van der Waals surface area contributed by atoms with Crippen LogP contribution in [-0.4, -0.2) is 86.8 Å². The Morgan fingerprint density at radius 3 is 1.68 bits per heavy atom. The molecule has 0 bridgehead atoms. The summed E-state index contributed by atoms with van der Waals surface area (Å²) in [6.07, 6.45) is 0. The molecular weight excluding hydrogens is 418 g/mol. The number of hydrogen-bond donors (Lipinski definition) is 0. The quantitative estimate of drug-likeness (QED) is 0.711. The van der Waals surface area contributed by atoms with Crippen LogP contribution >= 0.6 is 0 Å². The van der Waals surface area contributed by atoms with Crippen LogP contribution in [0.3, 0.4) is 0 Å². The molecule has 0 aliphatic carbocycles. The Morgan fingerprint density at radius 1 is 0.677 bits per heavy atom. The molecular formula is C22H25N3O5S. The summed E-state index contributed by atoms with van der Waals surface area (Å²) in [4.78, 5) is 29.0. The van der Waals surface area contributed by atoms with Gasteiger partial charge in [-0.1, -0.05) is 18.2 Å². The van der Waals surface area contributed by atoms with E-state index in [1.54, 1.807) is 34.1 Å². The third-order valence-corrected chi connectivity index (χ3v) is 7.50. The van der Waals surface area contributed by atoms with Gasteiger partial charge in [-0.25, -0.2) is 8.42 Å². The summed E-state index contributed by atoms with van der Waals surface area (Å²) < 4.78 is 32.1. The molecule has 2 saturated heterocycles. The molecule has 4 rings (SSSR count). The van der Waals surface area contributed by atoms with Crippen molar-refractivity contribution >= 4 is 21.8 Å². The van der Waals surface area contributed by atoms with Crippen molar-refractivity contribution in [3.63, 3.8) is 0 Å². The van der Waals surface area contributed by atoms with Crippen molar-refractivity contribution in [1.82, 2.24) is 14.1 Å². The first-order chi connectivity index (χ1) is 15.0. The fourth-order valence-corrected chi connectivity index (χ4v) is 5.17. The number of amides is 2. The van der Waals surface area contributed by atoms with Crippen LogP contribution in [0.2, 0.25) is 0 Å². The smallest absolute Gasteiger partial charge is 0.253 e. The largest absolute Gasteiger partial charge is 0.379 e. The lowest BCUT2D eigenvalue weighted by atomic mass is 10.1. The molecule has 164 valence electrons. The van der Waals surface area contributed by atoms with E-state index in [0.717, 1.165) is 0 Å². The maximum Gasteiger partial charge on any atom is 0.253 e. The molecule has 2 aliphatic rings. The normalized spacial score (nSPS) is 18.1. The molecule has 2 aromatic rings. The van der Waals surface area contributed by atoms with Crippen LogP contribution < -0.4 is 0 Å². The number of piperazine rings is 1. The van der Waals surface area contributed by atoms with Gasteiger partial charge in [0.15, 0.2) is 0 Å². The van der Waals surface area contributed by atoms with Crippen molar-refractivity contribution in [2.45, 2.75) is 4.90 Å². The Hall–Kier alpha value is -2.75. The molecule has 0 saturated carbocycles. The van der Waals surface area contributed by atoms with Gasteiger partial charge >= 0.3 is 0 Å². The molecule has 2 aromatic carbocycles. The van der Waals surface area contributed by atoms with Crippen molar-refractivity contribution in [3.05, 3.63) is 65.7 Å². The maximum absolute atomic E-state index is 12.9. The van der Waals surface area contributed by atoms with E-state index >= 15 is 0 Å². The predicted octanol–water partition coefficient (Wildman–Crippen LogP) is 1.31. The van der Waals surface area contributed by atoms with E-state index in [9.17, 15) is 18.0 Å². The fourth-order valence-electron chi connectivity index (χ4n) is 3.76. The minimum absolute atomic E-state index is 0.0367. The molecule has 9 heteroatoms. The molecule has 0 N–H and O–H groups in total. The molecule has 0 spiro atoms. The summed E-state index contributed by atoms with van der Waals surface area (Å²) in [6, 6.07) is 15.2. The Balaban J connectivity index is 1.37. The monoisotopic (exact) mass is 443 g/mol. The maximum atomic E-state index is 12.9. The van der Waals surface area contributed by atoms with Crippen LogP contribution in [0.25, 0.3) is 0 Å². The van der Waals surface area contributed by atoms with Crippen LogP contribution in [0, 0.1) is 0 Å². The first-order valence-electron chi connectivity index (χ1n) is 10.3. The summed E-state index contributed by atoms with van der Waals surface area (Å²) >= 11 is 0. The van der Waals surface area contributed by atoms with E-state index in [1.807, 2.05) is 18.2 Å². The SMILES string of the molecule is O=C(c1ccccc1)N1CCN(C(=O)c2ccc(S(=O)(=O)N3CCOCC3)cc2)CC1. The van der Waals surface area contributed by atoms with Crippen molar-refractivity contribution in [1.29, 1.82) is 0 Å². The van der Waals surface area contributed by atoms with Crippen LogP contribution in [0.5, 0.6) is 0 Å². The van der Waals surface area contributed by atoms with Gasteiger partial charge in [0.05, 0.1) is 18.1 Å². The molecule has 31 heavy (non-hydrogen) atoms. The molecule has 2 amide bonds. The Kier molecular flexibility index (Phi) is 6.35. The molecule has 2 fully saturated rings. The highest BCUT2D eigenvalue weighted by Gasteiger charge is 2.28. The van der Waals surface area contributed by atoms with Gasteiger partial charge in [0, 0.05) is 50.4 Å². The van der Waals surface area contributed by atoms with Crippen LogP contribution in [0.4, 0.5) is 0 Å². The zero-order valence-electron chi connectivity index (χ0n) is 17.1. The van der Waals surface area contributed by atoms with Gasteiger partial charge < -0.3 is 14.5 Å². The number of ether oxygens (including phenoxy) is 1. The van der Waals surface area contributed by atoms with Crippen LogP contribution in [0.15, 0.2) is 59.5 Å². The Morgan fingerprint density at radius 2 is 1.16 bits per heavy atom. The summed E-state index contributed by atoms with van der Waals surface area (Å²) in [7, 11) is -3.59. The van der Waals surface area contributed by atoms with E-state index in [0.29, 0.717) is 63.6 Å². The number of hydrogen-bond acceptors (Lipinski definition) is 5. The number of morpholine rings is 1. The number of carbonyl (C=O) groups is 2. The molecule has 2 aliphatic heterocycles. The van der Waals surface area contributed by atoms with E-state index < -0.39 is 10.0 Å². The zero-order valence-corrected chi connectivity index (χ0v) is 18.0. The molecule has 0 atom stereocenters. The minimum Gasteiger partial charge on any atom is -0.379 e. The lowest BCUT2D eigenvalue weighted by Crippen LogP contribution is -2.50. The lowest BCUT2D eigenvalue weighted by molar-refractivity contribution is 0.0535. The van der Waals surface area contributed by atoms with E-state index in [2.05, 4.69) is 0 Å². The molecule has 8 nitrogen and oxygen atoms in total. The third-order valence-electron chi connectivity index (χ3n) is 5.58. The van der Waals surface area contributed by atoms with Crippen LogP contribution in [-0.2, 0) is 14.8 Å². The van der Waals surface area contributed by atoms with Crippen molar-refractivity contribution in [2.75, 3.05) is 52.5 Å².